The van der Waals surface area contributed by atoms with Gasteiger partial charge in [-0.2, -0.15) is 0 Å². The number of rotatable bonds is 5. The van der Waals surface area contributed by atoms with Crippen molar-refractivity contribution in [2.24, 2.45) is 11.7 Å². The van der Waals surface area contributed by atoms with E-state index in [1.165, 1.54) is 0 Å². The molecule has 4 nitrogen and oxygen atoms in total. The molecule has 2 rings (SSSR count). The summed E-state index contributed by atoms with van der Waals surface area (Å²) in [4.78, 5) is 0. The summed E-state index contributed by atoms with van der Waals surface area (Å²) in [5.41, 5.74) is 7.10. The quantitative estimate of drug-likeness (QED) is 0.905. The molecule has 1 aliphatic heterocycles. The second-order valence-electron chi connectivity index (χ2n) is 5.53. The molecule has 0 amide bonds. The van der Waals surface area contributed by atoms with Crippen molar-refractivity contribution >= 4 is 10.8 Å². The number of hydrogen-bond acceptors (Lipinski definition) is 4. The van der Waals surface area contributed by atoms with Gasteiger partial charge in [0.15, 0.2) is 11.5 Å². The first-order valence-electron chi connectivity index (χ1n) is 7.06. The summed E-state index contributed by atoms with van der Waals surface area (Å²) in [7, 11) is -0.883. The summed E-state index contributed by atoms with van der Waals surface area (Å²) in [6.07, 6.45) is 0.883. The second-order valence-corrected chi connectivity index (χ2v) is 7.08. The molecule has 0 saturated carbocycles. The van der Waals surface area contributed by atoms with Crippen molar-refractivity contribution < 1.29 is 13.7 Å². The lowest BCUT2D eigenvalue weighted by atomic mass is 10.1. The van der Waals surface area contributed by atoms with Gasteiger partial charge in [0.2, 0.25) is 0 Å². The zero-order valence-electron chi connectivity index (χ0n) is 12.1. The molecule has 1 aromatic carbocycles. The van der Waals surface area contributed by atoms with Gasteiger partial charge in [-0.25, -0.2) is 0 Å². The van der Waals surface area contributed by atoms with Gasteiger partial charge < -0.3 is 15.2 Å². The van der Waals surface area contributed by atoms with Crippen molar-refractivity contribution in [2.45, 2.75) is 26.3 Å². The highest BCUT2D eigenvalue weighted by Crippen LogP contribution is 2.32. The molecule has 1 aromatic rings. The Balaban J connectivity index is 2.05. The molecule has 0 bridgehead atoms. The Kier molecular flexibility index (Phi) is 5.43. The van der Waals surface area contributed by atoms with Crippen LogP contribution in [0, 0.1) is 5.92 Å². The maximum atomic E-state index is 12.0. The van der Waals surface area contributed by atoms with Crippen molar-refractivity contribution in [3.8, 4) is 11.5 Å². The van der Waals surface area contributed by atoms with Crippen molar-refractivity contribution in [1.29, 1.82) is 0 Å². The number of ether oxygens (including phenoxy) is 2. The highest BCUT2D eigenvalue weighted by molar-refractivity contribution is 7.85. The summed E-state index contributed by atoms with van der Waals surface area (Å²) in [6, 6.07) is 5.51. The number of fused-ring (bicyclic) bond motifs is 1. The predicted octanol–water partition coefficient (Wildman–Crippen LogP) is 2.25. The lowest BCUT2D eigenvalue weighted by Gasteiger charge is -2.15. The maximum absolute atomic E-state index is 12.0. The van der Waals surface area contributed by atoms with Gasteiger partial charge in [0.1, 0.15) is 0 Å². The Morgan fingerprint density at radius 2 is 1.90 bits per heavy atom. The van der Waals surface area contributed by atoms with Gasteiger partial charge in [0.05, 0.1) is 13.2 Å². The Morgan fingerprint density at radius 1 is 1.20 bits per heavy atom. The molecular weight excluding hydrogens is 274 g/mol. The Morgan fingerprint density at radius 3 is 2.60 bits per heavy atom. The Labute approximate surface area is 123 Å². The molecule has 1 aliphatic rings. The number of nitrogens with two attached hydrogens (primary N) is 1. The van der Waals surface area contributed by atoms with Gasteiger partial charge in [0.25, 0.3) is 0 Å². The molecule has 2 unspecified atom stereocenters. The maximum Gasteiger partial charge on any atom is 0.161 e. The number of benzene rings is 1. The first-order chi connectivity index (χ1) is 9.56. The van der Waals surface area contributed by atoms with Crippen LogP contribution in [0.5, 0.6) is 11.5 Å². The van der Waals surface area contributed by atoms with Gasteiger partial charge in [-0.1, -0.05) is 19.9 Å². The van der Waals surface area contributed by atoms with E-state index in [0.717, 1.165) is 23.5 Å². The molecule has 0 saturated heterocycles. The van der Waals surface area contributed by atoms with Crippen molar-refractivity contribution in [2.75, 3.05) is 24.7 Å². The molecular formula is C15H23NO3S. The van der Waals surface area contributed by atoms with E-state index in [9.17, 15) is 4.21 Å². The lowest BCUT2D eigenvalue weighted by Crippen LogP contribution is -2.21. The van der Waals surface area contributed by atoms with E-state index >= 15 is 0 Å². The highest BCUT2D eigenvalue weighted by Gasteiger charge is 2.16. The predicted molar refractivity (Wildman–Crippen MR) is 81.7 cm³/mol. The summed E-state index contributed by atoms with van der Waals surface area (Å²) < 4.78 is 23.2. The number of hydrogen-bond donors (Lipinski definition) is 1. The molecule has 0 radical (unpaired) electrons. The Hall–Kier alpha value is -1.07. The second kappa shape index (κ2) is 7.09. The van der Waals surface area contributed by atoms with Crippen molar-refractivity contribution in [3.05, 3.63) is 23.8 Å². The third kappa shape index (κ3) is 4.21. The highest BCUT2D eigenvalue weighted by atomic mass is 32.2. The lowest BCUT2D eigenvalue weighted by molar-refractivity contribution is 0.297. The molecule has 0 aliphatic carbocycles. The van der Waals surface area contributed by atoms with Crippen LogP contribution in [0.4, 0.5) is 0 Å². The minimum absolute atomic E-state index is 0.230. The van der Waals surface area contributed by atoms with Crippen LogP contribution in [0.3, 0.4) is 0 Å². The molecule has 0 aromatic heterocycles. The smallest absolute Gasteiger partial charge is 0.161 e. The van der Waals surface area contributed by atoms with Gasteiger partial charge in [0, 0.05) is 34.8 Å². The minimum atomic E-state index is -0.883. The van der Waals surface area contributed by atoms with Crippen LogP contribution in [0.1, 0.15) is 31.9 Å². The average molecular weight is 297 g/mol. The fourth-order valence-electron chi connectivity index (χ4n) is 2.15. The fraction of sp³-hybridized carbons (Fsp3) is 0.600. The van der Waals surface area contributed by atoms with E-state index in [-0.39, 0.29) is 6.04 Å². The summed E-state index contributed by atoms with van der Waals surface area (Å²) in [6.45, 7) is 5.47. The summed E-state index contributed by atoms with van der Waals surface area (Å²) >= 11 is 0. The fourth-order valence-corrected chi connectivity index (χ4v) is 3.62. The van der Waals surface area contributed by atoms with Gasteiger partial charge >= 0.3 is 0 Å². The first-order valence-corrected chi connectivity index (χ1v) is 8.55. The standard InChI is InChI=1S/C15H23NO3S/c1-11(2)9-20(17)10-13(16)12-4-5-14-15(8-12)19-7-3-6-18-14/h4-5,8,11,13H,3,6-7,9-10,16H2,1-2H3. The summed E-state index contributed by atoms with van der Waals surface area (Å²) in [5, 5.41) is 0. The largest absolute Gasteiger partial charge is 0.490 e. The average Bonchev–Trinajstić information content (AvgIpc) is 2.61. The van der Waals surface area contributed by atoms with Crippen molar-refractivity contribution in [3.63, 3.8) is 0 Å². The van der Waals surface area contributed by atoms with E-state index in [1.54, 1.807) is 0 Å². The zero-order chi connectivity index (χ0) is 14.5. The van der Waals surface area contributed by atoms with Gasteiger partial charge in [-0.05, 0) is 23.6 Å². The van der Waals surface area contributed by atoms with Crippen LogP contribution in [-0.2, 0) is 10.8 Å². The molecule has 2 atom stereocenters. The normalized spacial score (nSPS) is 17.6. The summed E-state index contributed by atoms with van der Waals surface area (Å²) in [5.74, 6) is 3.11. The SMILES string of the molecule is CC(C)CS(=O)CC(N)c1ccc2c(c1)OCCCO2. The van der Waals surface area contributed by atoms with Gasteiger partial charge in [-0.3, -0.25) is 4.21 Å². The molecule has 20 heavy (non-hydrogen) atoms. The molecule has 112 valence electrons. The minimum Gasteiger partial charge on any atom is -0.490 e. The van der Waals surface area contributed by atoms with E-state index in [2.05, 4.69) is 13.8 Å². The topological polar surface area (TPSA) is 61.6 Å². The first kappa shape index (κ1) is 15.3. The molecule has 0 fully saturated rings. The third-order valence-electron chi connectivity index (χ3n) is 3.08. The van der Waals surface area contributed by atoms with Crippen LogP contribution in [0.25, 0.3) is 0 Å². The Bertz CT molecular complexity index is 476. The van der Waals surface area contributed by atoms with Crippen LogP contribution in [0.15, 0.2) is 18.2 Å². The van der Waals surface area contributed by atoms with Crippen LogP contribution >= 0.6 is 0 Å². The van der Waals surface area contributed by atoms with Crippen LogP contribution in [-0.4, -0.2) is 28.9 Å². The third-order valence-corrected chi connectivity index (χ3v) is 4.85. The molecule has 2 N–H and O–H groups in total. The van der Waals surface area contributed by atoms with Crippen LogP contribution < -0.4 is 15.2 Å². The molecule has 5 heteroatoms. The monoisotopic (exact) mass is 297 g/mol. The molecule has 0 spiro atoms. The van der Waals surface area contributed by atoms with E-state index in [0.29, 0.717) is 30.6 Å². The van der Waals surface area contributed by atoms with Crippen LogP contribution in [0.2, 0.25) is 0 Å². The van der Waals surface area contributed by atoms with E-state index < -0.39 is 10.8 Å². The van der Waals surface area contributed by atoms with Crippen molar-refractivity contribution in [1.82, 2.24) is 0 Å². The molecule has 1 heterocycles. The van der Waals surface area contributed by atoms with Gasteiger partial charge in [-0.15, -0.1) is 0 Å². The zero-order valence-corrected chi connectivity index (χ0v) is 12.9. The van der Waals surface area contributed by atoms with E-state index in [4.69, 9.17) is 15.2 Å². The van der Waals surface area contributed by atoms with E-state index in [1.807, 2.05) is 18.2 Å².